The molecule has 0 spiro atoms. The van der Waals surface area contributed by atoms with Crippen LogP contribution >= 0.6 is 0 Å². The molecule has 0 N–H and O–H groups in total. The number of pyridine rings is 1. The summed E-state index contributed by atoms with van der Waals surface area (Å²) in [5.74, 6) is -0.119. The Labute approximate surface area is 215 Å². The van der Waals surface area contributed by atoms with Crippen molar-refractivity contribution >= 4 is 16.7 Å². The summed E-state index contributed by atoms with van der Waals surface area (Å²) in [6.45, 7) is 1.98. The number of hydrogen-bond donors (Lipinski definition) is 0. The van der Waals surface area contributed by atoms with Crippen molar-refractivity contribution in [2.75, 3.05) is 0 Å². The van der Waals surface area contributed by atoms with Crippen LogP contribution in [-0.2, 0) is 5.54 Å². The Balaban J connectivity index is 1.59. The molecule has 6 aromatic rings. The highest BCUT2D eigenvalue weighted by Crippen LogP contribution is 2.42. The Morgan fingerprint density at radius 2 is 1.24 bits per heavy atom. The van der Waals surface area contributed by atoms with Crippen molar-refractivity contribution in [3.63, 3.8) is 0 Å². The molecule has 0 saturated carbocycles. The summed E-state index contributed by atoms with van der Waals surface area (Å²) in [5.41, 5.74) is 5.13. The number of nitrogens with zero attached hydrogens (tertiary/aromatic N) is 3. The molecule has 0 aliphatic carbocycles. The Morgan fingerprint density at radius 3 is 1.81 bits per heavy atom. The summed E-state index contributed by atoms with van der Waals surface area (Å²) in [7, 11) is 0. The molecule has 0 bridgehead atoms. The van der Waals surface area contributed by atoms with E-state index < -0.39 is 5.54 Å². The number of hydrogen-bond acceptors (Lipinski definition) is 3. The molecule has 0 radical (unpaired) electrons. The van der Waals surface area contributed by atoms with Crippen molar-refractivity contribution in [3.8, 4) is 0 Å². The molecule has 2 heterocycles. The molecule has 0 aliphatic rings. The van der Waals surface area contributed by atoms with E-state index in [2.05, 4.69) is 82.3 Å². The first-order valence-corrected chi connectivity index (χ1v) is 12.3. The Morgan fingerprint density at radius 1 is 0.676 bits per heavy atom. The first kappa shape index (κ1) is 22.6. The van der Waals surface area contributed by atoms with E-state index in [4.69, 9.17) is 4.98 Å². The second-order valence-corrected chi connectivity index (χ2v) is 9.10. The zero-order valence-corrected chi connectivity index (χ0v) is 20.5. The van der Waals surface area contributed by atoms with Gasteiger partial charge >= 0.3 is 0 Å². The maximum absolute atomic E-state index is 13.8. The number of carbonyl (C=O) groups excluding carboxylic acids is 1. The topological polar surface area (TPSA) is 47.8 Å². The summed E-state index contributed by atoms with van der Waals surface area (Å²) < 4.78 is 2.14. The number of benzene rings is 4. The highest BCUT2D eigenvalue weighted by molar-refractivity contribution is 6.09. The van der Waals surface area contributed by atoms with Gasteiger partial charge in [-0.2, -0.15) is 0 Å². The maximum Gasteiger partial charge on any atom is 0.213 e. The number of aromatic nitrogens is 3. The molecule has 4 heteroatoms. The maximum atomic E-state index is 13.8. The van der Waals surface area contributed by atoms with E-state index in [1.807, 2.05) is 55.5 Å². The van der Waals surface area contributed by atoms with Crippen LogP contribution in [-0.4, -0.2) is 20.3 Å². The average molecular weight is 480 g/mol. The van der Waals surface area contributed by atoms with Crippen LogP contribution in [0, 0.1) is 6.92 Å². The summed E-state index contributed by atoms with van der Waals surface area (Å²) in [6.07, 6.45) is 3.54. The van der Waals surface area contributed by atoms with Crippen molar-refractivity contribution in [2.45, 2.75) is 12.5 Å². The lowest BCUT2D eigenvalue weighted by Gasteiger charge is -2.38. The van der Waals surface area contributed by atoms with E-state index in [-0.39, 0.29) is 5.78 Å². The molecule has 178 valence electrons. The molecule has 37 heavy (non-hydrogen) atoms. The molecule has 0 aliphatic heterocycles. The van der Waals surface area contributed by atoms with Gasteiger partial charge in [0.1, 0.15) is 11.2 Å². The third-order valence-electron chi connectivity index (χ3n) is 7.03. The molecule has 0 fully saturated rings. The highest BCUT2D eigenvalue weighted by Gasteiger charge is 2.40. The standard InChI is InChI=1S/C33H25N3O/c1-24-31(32(37)26-20-19-25-12-11-21-34-30(25)22-26)35-23-36(24)33(27-13-5-2-6-14-27,28-15-7-3-8-16-28)29-17-9-4-10-18-29/h2-23H,1H3. The van der Waals surface area contributed by atoms with E-state index in [0.29, 0.717) is 11.3 Å². The first-order chi connectivity index (χ1) is 18.2. The van der Waals surface area contributed by atoms with E-state index in [1.165, 1.54) is 0 Å². The van der Waals surface area contributed by atoms with Gasteiger partial charge in [-0.3, -0.25) is 9.78 Å². The lowest BCUT2D eigenvalue weighted by atomic mass is 9.76. The van der Waals surface area contributed by atoms with Crippen molar-refractivity contribution in [1.82, 2.24) is 14.5 Å². The molecular weight excluding hydrogens is 454 g/mol. The van der Waals surface area contributed by atoms with Crippen molar-refractivity contribution < 1.29 is 4.79 Å². The normalized spacial score (nSPS) is 11.5. The van der Waals surface area contributed by atoms with Crippen LogP contribution in [0.5, 0.6) is 0 Å². The van der Waals surface area contributed by atoms with Gasteiger partial charge in [0, 0.05) is 22.8 Å². The number of fused-ring (bicyclic) bond motifs is 1. The summed E-state index contributed by atoms with van der Waals surface area (Å²) in [5, 5.41) is 0.998. The number of ketones is 1. The fourth-order valence-electron chi connectivity index (χ4n) is 5.27. The van der Waals surface area contributed by atoms with Crippen LogP contribution in [0.3, 0.4) is 0 Å². The lowest BCUT2D eigenvalue weighted by molar-refractivity contribution is 0.103. The Bertz CT molecular complexity index is 1590. The lowest BCUT2D eigenvalue weighted by Crippen LogP contribution is -2.38. The van der Waals surface area contributed by atoms with Crippen LogP contribution < -0.4 is 0 Å². The van der Waals surface area contributed by atoms with Crippen LogP contribution in [0.25, 0.3) is 10.9 Å². The van der Waals surface area contributed by atoms with E-state index in [1.54, 1.807) is 12.5 Å². The smallest absolute Gasteiger partial charge is 0.213 e. The van der Waals surface area contributed by atoms with Crippen LogP contribution in [0.1, 0.15) is 38.4 Å². The molecule has 4 nitrogen and oxygen atoms in total. The van der Waals surface area contributed by atoms with E-state index >= 15 is 0 Å². The molecule has 4 aromatic carbocycles. The fraction of sp³-hybridized carbons (Fsp3) is 0.0606. The second-order valence-electron chi connectivity index (χ2n) is 9.10. The molecule has 0 unspecified atom stereocenters. The van der Waals surface area contributed by atoms with Gasteiger partial charge < -0.3 is 4.57 Å². The van der Waals surface area contributed by atoms with Gasteiger partial charge in [-0.05, 0) is 35.7 Å². The summed E-state index contributed by atoms with van der Waals surface area (Å²) in [4.78, 5) is 22.9. The highest BCUT2D eigenvalue weighted by atomic mass is 16.1. The van der Waals surface area contributed by atoms with Gasteiger partial charge in [0.2, 0.25) is 5.78 Å². The number of imidazole rings is 1. The molecule has 6 rings (SSSR count). The molecule has 2 aromatic heterocycles. The largest absolute Gasteiger partial charge is 0.316 e. The van der Waals surface area contributed by atoms with E-state index in [0.717, 1.165) is 33.3 Å². The van der Waals surface area contributed by atoms with Crippen molar-refractivity contribution in [2.24, 2.45) is 0 Å². The van der Waals surface area contributed by atoms with Crippen LogP contribution in [0.4, 0.5) is 0 Å². The summed E-state index contributed by atoms with van der Waals surface area (Å²) in [6, 6.07) is 40.7. The third kappa shape index (κ3) is 3.74. The predicted molar refractivity (Wildman–Crippen MR) is 147 cm³/mol. The van der Waals surface area contributed by atoms with Gasteiger partial charge in [0.15, 0.2) is 0 Å². The van der Waals surface area contributed by atoms with Gasteiger partial charge in [0.25, 0.3) is 0 Å². The van der Waals surface area contributed by atoms with Crippen LogP contribution in [0.2, 0.25) is 0 Å². The Hall–Kier alpha value is -4.83. The quantitative estimate of drug-likeness (QED) is 0.195. The van der Waals surface area contributed by atoms with Gasteiger partial charge in [-0.1, -0.05) is 109 Å². The molecule has 0 amide bonds. The molecule has 0 saturated heterocycles. The second kappa shape index (κ2) is 9.32. The zero-order valence-electron chi connectivity index (χ0n) is 20.5. The van der Waals surface area contributed by atoms with Crippen molar-refractivity contribution in [3.05, 3.63) is 167 Å². The third-order valence-corrected chi connectivity index (χ3v) is 7.03. The zero-order chi connectivity index (χ0) is 25.2. The van der Waals surface area contributed by atoms with Gasteiger partial charge in [0.05, 0.1) is 11.8 Å². The molecular formula is C33H25N3O. The Kier molecular flexibility index (Phi) is 5.70. The SMILES string of the molecule is Cc1c(C(=O)c2ccc3cccnc3c2)ncn1C(c1ccccc1)(c1ccccc1)c1ccccc1. The monoisotopic (exact) mass is 479 g/mol. The van der Waals surface area contributed by atoms with Crippen LogP contribution in [0.15, 0.2) is 134 Å². The molecule has 0 atom stereocenters. The average Bonchev–Trinajstić information content (AvgIpc) is 3.36. The van der Waals surface area contributed by atoms with Crippen molar-refractivity contribution in [1.29, 1.82) is 0 Å². The number of carbonyl (C=O) groups is 1. The minimum Gasteiger partial charge on any atom is -0.316 e. The van der Waals surface area contributed by atoms with E-state index in [9.17, 15) is 4.79 Å². The predicted octanol–water partition coefficient (Wildman–Crippen LogP) is 6.81. The first-order valence-electron chi connectivity index (χ1n) is 12.3. The minimum atomic E-state index is -0.718. The summed E-state index contributed by atoms with van der Waals surface area (Å²) >= 11 is 0. The minimum absolute atomic E-state index is 0.119. The number of rotatable bonds is 6. The van der Waals surface area contributed by atoms with Gasteiger partial charge in [-0.25, -0.2) is 4.98 Å². The van der Waals surface area contributed by atoms with Gasteiger partial charge in [-0.15, -0.1) is 0 Å². The fourth-order valence-corrected chi connectivity index (χ4v) is 5.27.